The first-order valence-electron chi connectivity index (χ1n) is 8.83. The first kappa shape index (κ1) is 22.0. The van der Waals surface area contributed by atoms with E-state index < -0.39 is 15.7 Å². The molecule has 2 aliphatic heterocycles. The lowest BCUT2D eigenvalue weighted by Gasteiger charge is -2.25. The molecule has 0 unspecified atom stereocenters. The smallest absolute Gasteiger partial charge is 0.285 e. The largest absolute Gasteiger partial charge is 0.484 e. The zero-order valence-corrected chi connectivity index (χ0v) is 20.0. The molecule has 0 saturated carbocycles. The van der Waals surface area contributed by atoms with Gasteiger partial charge in [-0.1, -0.05) is 50.9 Å². The fourth-order valence-electron chi connectivity index (χ4n) is 3.34. The van der Waals surface area contributed by atoms with E-state index >= 15 is 0 Å². The van der Waals surface area contributed by atoms with E-state index in [1.54, 1.807) is 41.3 Å². The minimum absolute atomic E-state index is 0.00839. The number of fused-ring (bicyclic) bond motifs is 1. The van der Waals surface area contributed by atoms with Crippen LogP contribution in [0.3, 0.4) is 0 Å². The Hall–Kier alpha value is -1.26. The molecule has 158 valence electrons. The van der Waals surface area contributed by atoms with E-state index in [4.69, 9.17) is 27.9 Å². The van der Waals surface area contributed by atoms with Crippen molar-refractivity contribution in [2.45, 2.75) is 11.3 Å². The fraction of sp³-hybridized carbons (Fsp3) is 0.263. The van der Waals surface area contributed by atoms with Gasteiger partial charge in [-0.05, 0) is 42.5 Å². The summed E-state index contributed by atoms with van der Waals surface area (Å²) in [7, 11) is -3.16. The third-order valence-corrected chi connectivity index (χ3v) is 8.89. The molecule has 2 aromatic rings. The molecule has 2 saturated heterocycles. The lowest BCUT2D eigenvalue weighted by molar-refractivity contribution is -0.119. The predicted octanol–water partition coefficient (Wildman–Crippen LogP) is 4.44. The number of nitrogens with zero attached hydrogens (tertiary/aromatic N) is 2. The van der Waals surface area contributed by atoms with Crippen LogP contribution in [0.1, 0.15) is 0 Å². The van der Waals surface area contributed by atoms with Gasteiger partial charge >= 0.3 is 0 Å². The number of amides is 1. The summed E-state index contributed by atoms with van der Waals surface area (Å²) in [4.78, 5) is 18.4. The standard InChI is InChI=1S/C19H15BrCl2N2O4S2/c20-11-1-6-15(14(22)7-11)24-16-9-30(26,27)10-17(16)29-19(24)23-18(25)8-28-13-4-2-12(21)3-5-13/h1-7,16-17H,8-10H2/t16-,17+/m0/s1. The van der Waals surface area contributed by atoms with E-state index in [-0.39, 0.29) is 29.4 Å². The Morgan fingerprint density at radius 3 is 2.63 bits per heavy atom. The van der Waals surface area contributed by atoms with Crippen LogP contribution in [-0.2, 0) is 14.6 Å². The van der Waals surface area contributed by atoms with Crippen LogP contribution in [-0.4, -0.2) is 48.9 Å². The molecular formula is C19H15BrCl2N2O4S2. The second-order valence-corrected chi connectivity index (χ2v) is 11.9. The van der Waals surface area contributed by atoms with Crippen LogP contribution >= 0.6 is 50.9 Å². The normalized spacial score (nSPS) is 23.6. The Balaban J connectivity index is 1.58. The van der Waals surface area contributed by atoms with Crippen LogP contribution in [0.2, 0.25) is 10.0 Å². The Labute approximate surface area is 196 Å². The molecule has 2 heterocycles. The topological polar surface area (TPSA) is 76.0 Å². The van der Waals surface area contributed by atoms with E-state index in [0.717, 1.165) is 4.47 Å². The van der Waals surface area contributed by atoms with Crippen molar-refractivity contribution in [3.8, 4) is 5.75 Å². The lowest BCUT2D eigenvalue weighted by Crippen LogP contribution is -2.38. The lowest BCUT2D eigenvalue weighted by atomic mass is 10.2. The van der Waals surface area contributed by atoms with Crippen molar-refractivity contribution in [1.29, 1.82) is 0 Å². The second-order valence-electron chi connectivity index (χ2n) is 6.80. The third-order valence-electron chi connectivity index (χ3n) is 4.63. The molecule has 6 nitrogen and oxygen atoms in total. The van der Waals surface area contributed by atoms with Crippen LogP contribution in [0.15, 0.2) is 51.9 Å². The Bertz CT molecular complexity index is 1130. The average Bonchev–Trinajstić information content (AvgIpc) is 3.13. The summed E-state index contributed by atoms with van der Waals surface area (Å²) in [6.07, 6.45) is 0. The zero-order valence-electron chi connectivity index (χ0n) is 15.3. The molecule has 11 heteroatoms. The van der Waals surface area contributed by atoms with Gasteiger partial charge in [-0.15, -0.1) is 0 Å². The van der Waals surface area contributed by atoms with Gasteiger partial charge in [-0.25, -0.2) is 8.42 Å². The van der Waals surface area contributed by atoms with E-state index in [2.05, 4.69) is 20.9 Å². The molecule has 0 radical (unpaired) electrons. The Kier molecular flexibility index (Phi) is 6.37. The fourth-order valence-corrected chi connectivity index (χ4v) is 8.15. The highest BCUT2D eigenvalue weighted by molar-refractivity contribution is 9.10. The number of carbonyl (C=O) groups excluding carboxylic acids is 1. The first-order valence-corrected chi connectivity index (χ1v) is 13.1. The van der Waals surface area contributed by atoms with Crippen LogP contribution in [0.5, 0.6) is 5.75 Å². The summed E-state index contributed by atoms with van der Waals surface area (Å²) >= 11 is 16.9. The maximum absolute atomic E-state index is 12.5. The van der Waals surface area contributed by atoms with Gasteiger partial charge in [0, 0.05) is 14.7 Å². The number of rotatable bonds is 4. The number of carbonyl (C=O) groups is 1. The highest BCUT2D eigenvalue weighted by Gasteiger charge is 2.49. The summed E-state index contributed by atoms with van der Waals surface area (Å²) in [6, 6.07) is 11.6. The molecule has 2 fully saturated rings. The minimum atomic E-state index is -3.16. The van der Waals surface area contributed by atoms with Gasteiger partial charge in [0.2, 0.25) is 0 Å². The van der Waals surface area contributed by atoms with Crippen molar-refractivity contribution in [3.63, 3.8) is 0 Å². The second kappa shape index (κ2) is 8.70. The number of hydrogen-bond donors (Lipinski definition) is 0. The maximum atomic E-state index is 12.5. The van der Waals surface area contributed by atoms with Gasteiger partial charge in [0.25, 0.3) is 5.91 Å². The van der Waals surface area contributed by atoms with E-state index in [0.29, 0.717) is 26.6 Å². The monoisotopic (exact) mass is 548 g/mol. The van der Waals surface area contributed by atoms with Gasteiger partial charge < -0.3 is 9.64 Å². The number of anilines is 1. The summed E-state index contributed by atoms with van der Waals surface area (Å²) in [6.45, 7) is -0.249. The number of amidine groups is 1. The zero-order chi connectivity index (χ0) is 21.5. The van der Waals surface area contributed by atoms with Gasteiger partial charge in [0.05, 0.1) is 28.3 Å². The van der Waals surface area contributed by atoms with Crippen molar-refractivity contribution in [2.24, 2.45) is 4.99 Å². The average molecular weight is 550 g/mol. The van der Waals surface area contributed by atoms with Crippen molar-refractivity contribution >= 4 is 77.5 Å². The molecule has 0 bridgehead atoms. The first-order chi connectivity index (χ1) is 14.2. The minimum Gasteiger partial charge on any atom is -0.484 e. The predicted molar refractivity (Wildman–Crippen MR) is 125 cm³/mol. The number of halogens is 3. The summed E-state index contributed by atoms with van der Waals surface area (Å²) in [5.41, 5.74) is 0.613. The van der Waals surface area contributed by atoms with Crippen LogP contribution < -0.4 is 9.64 Å². The molecule has 30 heavy (non-hydrogen) atoms. The number of thioether (sulfide) groups is 1. The van der Waals surface area contributed by atoms with Gasteiger partial charge in [0.1, 0.15) is 5.75 Å². The van der Waals surface area contributed by atoms with Gasteiger partial charge in [-0.2, -0.15) is 4.99 Å². The van der Waals surface area contributed by atoms with E-state index in [9.17, 15) is 13.2 Å². The molecule has 2 atom stereocenters. The van der Waals surface area contributed by atoms with Gasteiger partial charge in [-0.3, -0.25) is 4.79 Å². The highest BCUT2D eigenvalue weighted by Crippen LogP contribution is 2.43. The molecule has 2 aliphatic rings. The quantitative estimate of drug-likeness (QED) is 0.561. The SMILES string of the molecule is O=C(COc1ccc(Cl)cc1)N=C1S[C@@H]2CS(=O)(=O)C[C@@H]2N1c1ccc(Br)cc1Cl. The molecule has 2 aromatic carbocycles. The maximum Gasteiger partial charge on any atom is 0.285 e. The number of benzene rings is 2. The third kappa shape index (κ3) is 4.80. The van der Waals surface area contributed by atoms with Crippen LogP contribution in [0.25, 0.3) is 0 Å². The van der Waals surface area contributed by atoms with Crippen molar-refractivity contribution in [2.75, 3.05) is 23.0 Å². The molecule has 1 amide bonds. The molecule has 0 aromatic heterocycles. The highest BCUT2D eigenvalue weighted by atomic mass is 79.9. The van der Waals surface area contributed by atoms with Crippen molar-refractivity contribution < 1.29 is 17.9 Å². The van der Waals surface area contributed by atoms with E-state index in [1.807, 2.05) is 6.07 Å². The number of aliphatic imine (C=N–C) groups is 1. The molecule has 4 rings (SSSR count). The Morgan fingerprint density at radius 2 is 1.93 bits per heavy atom. The number of ether oxygens (including phenoxy) is 1. The number of sulfone groups is 1. The Morgan fingerprint density at radius 1 is 1.20 bits per heavy atom. The van der Waals surface area contributed by atoms with Crippen molar-refractivity contribution in [1.82, 2.24) is 0 Å². The summed E-state index contributed by atoms with van der Waals surface area (Å²) < 4.78 is 30.6. The molecule has 0 spiro atoms. The number of hydrogen-bond acceptors (Lipinski definition) is 5. The molecule has 0 N–H and O–H groups in total. The van der Waals surface area contributed by atoms with Crippen LogP contribution in [0, 0.1) is 0 Å². The van der Waals surface area contributed by atoms with Gasteiger partial charge in [0.15, 0.2) is 21.6 Å². The molecule has 0 aliphatic carbocycles. The van der Waals surface area contributed by atoms with E-state index in [1.165, 1.54) is 11.8 Å². The van der Waals surface area contributed by atoms with Crippen molar-refractivity contribution in [3.05, 3.63) is 57.0 Å². The summed E-state index contributed by atoms with van der Waals surface area (Å²) in [5.74, 6) is 0.0591. The molecular weight excluding hydrogens is 535 g/mol. The summed E-state index contributed by atoms with van der Waals surface area (Å²) in [5, 5.41) is 1.22. The van der Waals surface area contributed by atoms with Crippen LogP contribution in [0.4, 0.5) is 5.69 Å².